The lowest BCUT2D eigenvalue weighted by Gasteiger charge is -2.14. The lowest BCUT2D eigenvalue weighted by molar-refractivity contribution is 0.637. The van der Waals surface area contributed by atoms with E-state index in [9.17, 15) is 0 Å². The smallest absolute Gasteiger partial charge is 0.0766 e. The van der Waals surface area contributed by atoms with Crippen molar-refractivity contribution in [2.75, 3.05) is 0 Å². The van der Waals surface area contributed by atoms with Crippen LogP contribution in [0.1, 0.15) is 29.9 Å². The van der Waals surface area contributed by atoms with Crippen molar-refractivity contribution in [3.63, 3.8) is 0 Å². The van der Waals surface area contributed by atoms with Gasteiger partial charge in [-0.25, -0.2) is 0 Å². The molecule has 0 aliphatic carbocycles. The van der Waals surface area contributed by atoms with E-state index in [4.69, 9.17) is 17.3 Å². The lowest BCUT2D eigenvalue weighted by Crippen LogP contribution is -2.16. The Bertz CT molecular complexity index is 580. The molecule has 1 aromatic carbocycles. The van der Waals surface area contributed by atoms with E-state index >= 15 is 0 Å². The molecule has 19 heavy (non-hydrogen) atoms. The van der Waals surface area contributed by atoms with Crippen molar-refractivity contribution in [3.8, 4) is 0 Å². The van der Waals surface area contributed by atoms with Gasteiger partial charge in [0.2, 0.25) is 0 Å². The van der Waals surface area contributed by atoms with Crippen LogP contribution in [0.4, 0.5) is 0 Å². The molecule has 0 aliphatic rings. The van der Waals surface area contributed by atoms with Crippen molar-refractivity contribution in [3.05, 3.63) is 50.7 Å². The van der Waals surface area contributed by atoms with E-state index in [0.29, 0.717) is 11.4 Å². The molecule has 1 aromatic heterocycles. The first kappa shape index (κ1) is 14.6. The van der Waals surface area contributed by atoms with Gasteiger partial charge in [-0.1, -0.05) is 36.7 Å². The lowest BCUT2D eigenvalue weighted by atomic mass is 10.0. The van der Waals surface area contributed by atoms with Crippen molar-refractivity contribution in [2.45, 2.75) is 25.8 Å². The molecule has 2 N–H and O–H groups in total. The van der Waals surface area contributed by atoms with E-state index in [1.807, 2.05) is 36.0 Å². The Balaban J connectivity index is 2.27. The van der Waals surface area contributed by atoms with E-state index in [-0.39, 0.29) is 6.04 Å². The second-order valence-electron chi connectivity index (χ2n) is 4.52. The summed E-state index contributed by atoms with van der Waals surface area (Å²) in [6.45, 7) is 2.09. The van der Waals surface area contributed by atoms with Gasteiger partial charge in [-0.3, -0.25) is 4.68 Å². The molecule has 3 nitrogen and oxygen atoms in total. The summed E-state index contributed by atoms with van der Waals surface area (Å²) in [6.07, 6.45) is 1.60. The van der Waals surface area contributed by atoms with Gasteiger partial charge in [0.1, 0.15) is 0 Å². The van der Waals surface area contributed by atoms with Gasteiger partial charge >= 0.3 is 0 Å². The minimum Gasteiger partial charge on any atom is -0.324 e. The van der Waals surface area contributed by atoms with Crippen LogP contribution >= 0.6 is 27.5 Å². The molecule has 1 unspecified atom stereocenters. The second kappa shape index (κ2) is 6.07. The topological polar surface area (TPSA) is 43.8 Å². The van der Waals surface area contributed by atoms with E-state index in [1.165, 1.54) is 0 Å². The molecule has 0 radical (unpaired) electrons. The van der Waals surface area contributed by atoms with Crippen molar-refractivity contribution in [1.29, 1.82) is 0 Å². The number of aryl methyl sites for hydroxylation is 2. The van der Waals surface area contributed by atoms with Crippen molar-refractivity contribution in [2.24, 2.45) is 12.8 Å². The predicted octanol–water partition coefficient (Wildman–Crippen LogP) is 3.64. The highest BCUT2D eigenvalue weighted by Gasteiger charge is 2.17. The number of benzene rings is 1. The zero-order valence-corrected chi connectivity index (χ0v) is 13.4. The van der Waals surface area contributed by atoms with Gasteiger partial charge in [0.15, 0.2) is 0 Å². The molecular formula is C14H17BrClN3. The summed E-state index contributed by atoms with van der Waals surface area (Å²) in [4.78, 5) is 0. The molecule has 0 fully saturated rings. The molecule has 1 heterocycles. The van der Waals surface area contributed by atoms with Crippen LogP contribution in [0.5, 0.6) is 0 Å². The van der Waals surface area contributed by atoms with Crippen LogP contribution in [0.3, 0.4) is 0 Å². The van der Waals surface area contributed by atoms with Crippen LogP contribution in [0.15, 0.2) is 28.7 Å². The standard InChI is InChI=1S/C14H17BrClN3/c1-3-12-14(15)13(19(2)18-12)8-11(17)9-6-4-5-7-10(9)16/h4-7,11H,3,8,17H2,1-2H3. The molecule has 0 bridgehead atoms. The summed E-state index contributed by atoms with van der Waals surface area (Å²) in [5.41, 5.74) is 9.40. The number of hydrogen-bond donors (Lipinski definition) is 1. The van der Waals surface area contributed by atoms with Crippen LogP contribution in [0, 0.1) is 0 Å². The third-order valence-electron chi connectivity index (χ3n) is 3.22. The molecular weight excluding hydrogens is 326 g/mol. The fourth-order valence-corrected chi connectivity index (χ4v) is 3.19. The maximum atomic E-state index is 6.27. The van der Waals surface area contributed by atoms with E-state index in [0.717, 1.165) is 27.8 Å². The zero-order chi connectivity index (χ0) is 14.0. The maximum Gasteiger partial charge on any atom is 0.0766 e. The van der Waals surface area contributed by atoms with E-state index < -0.39 is 0 Å². The largest absolute Gasteiger partial charge is 0.324 e. The number of halogens is 2. The molecule has 0 aliphatic heterocycles. The Hall–Kier alpha value is -0.840. The minimum absolute atomic E-state index is 0.134. The number of rotatable bonds is 4. The molecule has 0 spiro atoms. The average molecular weight is 343 g/mol. The number of hydrogen-bond acceptors (Lipinski definition) is 2. The fraction of sp³-hybridized carbons (Fsp3) is 0.357. The molecule has 0 saturated heterocycles. The molecule has 1 atom stereocenters. The summed E-state index contributed by atoms with van der Waals surface area (Å²) in [6, 6.07) is 7.57. The first-order valence-electron chi connectivity index (χ1n) is 6.24. The predicted molar refractivity (Wildman–Crippen MR) is 82.4 cm³/mol. The Morgan fingerprint density at radius 2 is 2.11 bits per heavy atom. The fourth-order valence-electron chi connectivity index (χ4n) is 2.14. The normalized spacial score (nSPS) is 12.7. The van der Waals surface area contributed by atoms with Gasteiger partial charge in [0.05, 0.1) is 15.9 Å². The van der Waals surface area contributed by atoms with Crippen LogP contribution in [-0.2, 0) is 19.9 Å². The Morgan fingerprint density at radius 3 is 2.68 bits per heavy atom. The first-order valence-corrected chi connectivity index (χ1v) is 7.42. The quantitative estimate of drug-likeness (QED) is 0.922. The van der Waals surface area contributed by atoms with Gasteiger partial charge in [-0.05, 0) is 34.0 Å². The van der Waals surface area contributed by atoms with Gasteiger partial charge in [-0.15, -0.1) is 0 Å². The average Bonchev–Trinajstić information content (AvgIpc) is 2.66. The third-order valence-corrected chi connectivity index (χ3v) is 4.48. The van der Waals surface area contributed by atoms with Gasteiger partial charge in [0.25, 0.3) is 0 Å². The highest BCUT2D eigenvalue weighted by molar-refractivity contribution is 9.10. The monoisotopic (exact) mass is 341 g/mol. The van der Waals surface area contributed by atoms with Crippen LogP contribution < -0.4 is 5.73 Å². The first-order chi connectivity index (χ1) is 9.04. The van der Waals surface area contributed by atoms with Crippen molar-refractivity contribution < 1.29 is 0 Å². The molecule has 5 heteroatoms. The van der Waals surface area contributed by atoms with Crippen LogP contribution in [0.25, 0.3) is 0 Å². The maximum absolute atomic E-state index is 6.27. The van der Waals surface area contributed by atoms with Crippen LogP contribution in [-0.4, -0.2) is 9.78 Å². The number of aromatic nitrogens is 2. The molecule has 2 aromatic rings. The number of nitrogens with two attached hydrogens (primary N) is 1. The van der Waals surface area contributed by atoms with Crippen molar-refractivity contribution in [1.82, 2.24) is 9.78 Å². The second-order valence-corrected chi connectivity index (χ2v) is 5.72. The van der Waals surface area contributed by atoms with Gasteiger partial charge in [0, 0.05) is 24.5 Å². The highest BCUT2D eigenvalue weighted by Crippen LogP contribution is 2.28. The third kappa shape index (κ3) is 3.02. The summed E-state index contributed by atoms with van der Waals surface area (Å²) in [5.74, 6) is 0. The van der Waals surface area contributed by atoms with Gasteiger partial charge in [-0.2, -0.15) is 5.10 Å². The summed E-state index contributed by atoms with van der Waals surface area (Å²) in [5, 5.41) is 5.19. The zero-order valence-electron chi connectivity index (χ0n) is 11.0. The Labute approximate surface area is 126 Å². The Morgan fingerprint density at radius 1 is 1.42 bits per heavy atom. The Kier molecular flexibility index (Phi) is 4.66. The molecule has 0 amide bonds. The minimum atomic E-state index is -0.134. The van der Waals surface area contributed by atoms with Crippen LogP contribution in [0.2, 0.25) is 5.02 Å². The molecule has 102 valence electrons. The van der Waals surface area contributed by atoms with Crippen molar-refractivity contribution >= 4 is 27.5 Å². The summed E-state index contributed by atoms with van der Waals surface area (Å²) >= 11 is 9.79. The SMILES string of the molecule is CCc1nn(C)c(CC(N)c2ccccc2Cl)c1Br. The molecule has 0 saturated carbocycles. The number of nitrogens with zero attached hydrogens (tertiary/aromatic N) is 2. The highest BCUT2D eigenvalue weighted by atomic mass is 79.9. The summed E-state index contributed by atoms with van der Waals surface area (Å²) < 4.78 is 2.94. The van der Waals surface area contributed by atoms with E-state index in [2.05, 4.69) is 28.0 Å². The summed E-state index contributed by atoms with van der Waals surface area (Å²) in [7, 11) is 1.94. The molecule has 2 rings (SSSR count). The van der Waals surface area contributed by atoms with Gasteiger partial charge < -0.3 is 5.73 Å². The van der Waals surface area contributed by atoms with E-state index in [1.54, 1.807) is 0 Å².